The van der Waals surface area contributed by atoms with Crippen molar-refractivity contribution in [1.29, 1.82) is 0 Å². The van der Waals surface area contributed by atoms with Gasteiger partial charge in [0.05, 0.1) is 12.4 Å². The van der Waals surface area contributed by atoms with Crippen molar-refractivity contribution in [2.75, 3.05) is 17.7 Å². The number of ether oxygens (including phenoxy) is 3. The van der Waals surface area contributed by atoms with Crippen LogP contribution in [0, 0.1) is 0 Å². The van der Waals surface area contributed by atoms with Crippen LogP contribution in [-0.2, 0) is 18.0 Å². The Morgan fingerprint density at radius 3 is 2.05 bits per heavy atom. The first-order valence-corrected chi connectivity index (χ1v) is 14.2. The molecule has 0 radical (unpaired) electrons. The molecular weight excluding hydrogens is 536 g/mol. The first-order chi connectivity index (χ1) is 20.2. The van der Waals surface area contributed by atoms with Gasteiger partial charge in [0.1, 0.15) is 30.5 Å². The van der Waals surface area contributed by atoms with Crippen LogP contribution in [0.2, 0.25) is 0 Å². The number of aromatic nitrogens is 3. The van der Waals surface area contributed by atoms with Crippen LogP contribution >= 0.6 is 11.8 Å². The first kappa shape index (κ1) is 27.8. The van der Waals surface area contributed by atoms with E-state index >= 15 is 0 Å². The van der Waals surface area contributed by atoms with Gasteiger partial charge < -0.3 is 19.5 Å². The molecule has 0 aliphatic rings. The second-order valence-corrected chi connectivity index (χ2v) is 9.84. The summed E-state index contributed by atoms with van der Waals surface area (Å²) < 4.78 is 19.3. The molecule has 208 valence electrons. The number of para-hydroxylation sites is 1. The molecule has 9 heteroatoms. The number of thioether (sulfide) groups is 1. The molecule has 0 bridgehead atoms. The molecule has 0 saturated heterocycles. The van der Waals surface area contributed by atoms with Crippen LogP contribution in [0.3, 0.4) is 0 Å². The minimum Gasteiger partial charge on any atom is -0.494 e. The van der Waals surface area contributed by atoms with Gasteiger partial charge in [-0.1, -0.05) is 60.3 Å². The van der Waals surface area contributed by atoms with Gasteiger partial charge >= 0.3 is 0 Å². The molecule has 0 unspecified atom stereocenters. The van der Waals surface area contributed by atoms with Gasteiger partial charge in [0.2, 0.25) is 5.91 Å². The number of hydrogen-bond donors (Lipinski definition) is 1. The lowest BCUT2D eigenvalue weighted by atomic mass is 10.2. The molecule has 4 aromatic carbocycles. The first-order valence-electron chi connectivity index (χ1n) is 13.2. The number of nitrogens with zero attached hydrogens (tertiary/aromatic N) is 3. The third-order valence-corrected chi connectivity index (χ3v) is 6.87. The summed E-state index contributed by atoms with van der Waals surface area (Å²) in [5.74, 6) is 2.86. The molecule has 5 rings (SSSR count). The van der Waals surface area contributed by atoms with Crippen molar-refractivity contribution >= 4 is 23.4 Å². The van der Waals surface area contributed by atoms with E-state index in [1.807, 2.05) is 121 Å². The lowest BCUT2D eigenvalue weighted by Crippen LogP contribution is -2.14. The van der Waals surface area contributed by atoms with Crippen LogP contribution in [0.25, 0.3) is 5.69 Å². The van der Waals surface area contributed by atoms with E-state index in [9.17, 15) is 4.79 Å². The van der Waals surface area contributed by atoms with Crippen molar-refractivity contribution in [3.63, 3.8) is 0 Å². The van der Waals surface area contributed by atoms with Crippen LogP contribution in [0.15, 0.2) is 114 Å². The summed E-state index contributed by atoms with van der Waals surface area (Å²) in [6.07, 6.45) is 0. The van der Waals surface area contributed by atoms with E-state index in [0.29, 0.717) is 29.9 Å². The van der Waals surface area contributed by atoms with Crippen molar-refractivity contribution in [3.8, 4) is 22.9 Å². The van der Waals surface area contributed by atoms with Gasteiger partial charge in [0.25, 0.3) is 0 Å². The second kappa shape index (κ2) is 14.0. The highest BCUT2D eigenvalue weighted by Gasteiger charge is 2.17. The molecule has 5 aromatic rings. The summed E-state index contributed by atoms with van der Waals surface area (Å²) in [7, 11) is 0. The lowest BCUT2D eigenvalue weighted by molar-refractivity contribution is -0.113. The maximum atomic E-state index is 12.8. The largest absolute Gasteiger partial charge is 0.494 e. The SMILES string of the molecule is CCOc1ccc(-n2c(COc3ccccc3)nnc2SCC(=O)Nc2ccc(OCc3ccccc3)cc2)cc1. The monoisotopic (exact) mass is 566 g/mol. The quantitative estimate of drug-likeness (QED) is 0.162. The van der Waals surface area contributed by atoms with Crippen LogP contribution in [-0.4, -0.2) is 33.0 Å². The van der Waals surface area contributed by atoms with E-state index in [0.717, 1.165) is 28.5 Å². The zero-order valence-corrected chi connectivity index (χ0v) is 23.4. The molecule has 0 spiro atoms. The van der Waals surface area contributed by atoms with Crippen molar-refractivity contribution in [2.45, 2.75) is 25.3 Å². The number of hydrogen-bond acceptors (Lipinski definition) is 7. The molecule has 0 aliphatic heterocycles. The van der Waals surface area contributed by atoms with Gasteiger partial charge in [-0.05, 0) is 73.2 Å². The highest BCUT2D eigenvalue weighted by atomic mass is 32.2. The molecule has 41 heavy (non-hydrogen) atoms. The number of carbonyl (C=O) groups is 1. The number of anilines is 1. The zero-order valence-electron chi connectivity index (χ0n) is 22.6. The minimum absolute atomic E-state index is 0.154. The lowest BCUT2D eigenvalue weighted by Gasteiger charge is -2.12. The third kappa shape index (κ3) is 7.89. The average Bonchev–Trinajstić information content (AvgIpc) is 3.43. The Kier molecular flexibility index (Phi) is 9.52. The molecule has 0 atom stereocenters. The summed E-state index contributed by atoms with van der Waals surface area (Å²) >= 11 is 1.30. The van der Waals surface area contributed by atoms with Crippen molar-refractivity contribution in [1.82, 2.24) is 14.8 Å². The highest BCUT2D eigenvalue weighted by Crippen LogP contribution is 2.25. The maximum absolute atomic E-state index is 12.8. The summed E-state index contributed by atoms with van der Waals surface area (Å²) in [6.45, 7) is 3.23. The number of carbonyl (C=O) groups excluding carboxylic acids is 1. The third-order valence-electron chi connectivity index (χ3n) is 5.94. The van der Waals surface area contributed by atoms with Gasteiger partial charge in [0, 0.05) is 11.4 Å². The van der Waals surface area contributed by atoms with Gasteiger partial charge in [-0.2, -0.15) is 0 Å². The normalized spacial score (nSPS) is 10.7. The summed E-state index contributed by atoms with van der Waals surface area (Å²) in [5.41, 5.74) is 2.63. The Hall–Kier alpha value is -4.76. The second-order valence-electron chi connectivity index (χ2n) is 8.90. The van der Waals surface area contributed by atoms with Crippen molar-refractivity contribution < 1.29 is 19.0 Å². The fourth-order valence-corrected chi connectivity index (χ4v) is 4.74. The fraction of sp³-hybridized carbons (Fsp3) is 0.156. The fourth-order valence-electron chi connectivity index (χ4n) is 3.97. The maximum Gasteiger partial charge on any atom is 0.234 e. The Labute approximate surface area is 243 Å². The van der Waals surface area contributed by atoms with Crippen LogP contribution in [0.4, 0.5) is 5.69 Å². The molecule has 1 amide bonds. The molecule has 0 aliphatic carbocycles. The minimum atomic E-state index is -0.156. The predicted molar refractivity (Wildman–Crippen MR) is 160 cm³/mol. The zero-order chi connectivity index (χ0) is 28.3. The molecule has 1 aromatic heterocycles. The Morgan fingerprint density at radius 2 is 1.34 bits per heavy atom. The van der Waals surface area contributed by atoms with Crippen molar-refractivity contribution in [2.24, 2.45) is 0 Å². The predicted octanol–water partition coefficient (Wildman–Crippen LogP) is 6.55. The van der Waals surface area contributed by atoms with Gasteiger partial charge in [-0.25, -0.2) is 0 Å². The number of benzene rings is 4. The van der Waals surface area contributed by atoms with E-state index in [2.05, 4.69) is 15.5 Å². The van der Waals surface area contributed by atoms with Crippen molar-refractivity contribution in [3.05, 3.63) is 121 Å². The smallest absolute Gasteiger partial charge is 0.234 e. The molecule has 1 heterocycles. The van der Waals surface area contributed by atoms with Gasteiger partial charge in [-0.3, -0.25) is 9.36 Å². The molecule has 0 saturated carbocycles. The van der Waals surface area contributed by atoms with Crippen LogP contribution in [0.5, 0.6) is 17.2 Å². The standard InChI is InChI=1S/C32H30N4O4S/c1-2-38-28-19-15-26(16-20-28)36-30(22-40-27-11-7-4-8-12-27)34-35-32(36)41-23-31(37)33-25-13-17-29(18-14-25)39-21-24-9-5-3-6-10-24/h3-20H,2,21-23H2,1H3,(H,33,37). The van der Waals surface area contributed by atoms with Crippen LogP contribution in [0.1, 0.15) is 18.3 Å². The van der Waals surface area contributed by atoms with Gasteiger partial charge in [0.15, 0.2) is 11.0 Å². The van der Waals surface area contributed by atoms with E-state index in [1.165, 1.54) is 11.8 Å². The van der Waals surface area contributed by atoms with E-state index < -0.39 is 0 Å². The summed E-state index contributed by atoms with van der Waals surface area (Å²) in [6, 6.07) is 34.5. The van der Waals surface area contributed by atoms with E-state index in [-0.39, 0.29) is 18.3 Å². The summed E-state index contributed by atoms with van der Waals surface area (Å²) in [4.78, 5) is 12.8. The molecule has 8 nitrogen and oxygen atoms in total. The topological polar surface area (TPSA) is 87.5 Å². The van der Waals surface area contributed by atoms with E-state index in [4.69, 9.17) is 14.2 Å². The number of nitrogens with one attached hydrogen (secondary N) is 1. The Morgan fingerprint density at radius 1 is 0.732 bits per heavy atom. The summed E-state index contributed by atoms with van der Waals surface area (Å²) in [5, 5.41) is 12.3. The van der Waals surface area contributed by atoms with Crippen LogP contribution < -0.4 is 19.5 Å². The molecular formula is C32H30N4O4S. The van der Waals surface area contributed by atoms with Gasteiger partial charge in [-0.15, -0.1) is 10.2 Å². The molecule has 0 fully saturated rings. The number of rotatable bonds is 13. The Bertz CT molecular complexity index is 1530. The number of amides is 1. The Balaban J connectivity index is 1.22. The molecule has 1 N–H and O–H groups in total. The van der Waals surface area contributed by atoms with E-state index in [1.54, 1.807) is 0 Å². The average molecular weight is 567 g/mol. The highest BCUT2D eigenvalue weighted by molar-refractivity contribution is 7.99.